The monoisotopic (exact) mass is 479 g/mol. The van der Waals surface area contributed by atoms with Gasteiger partial charge in [0, 0.05) is 44.3 Å². The van der Waals surface area contributed by atoms with Crippen LogP contribution in [0.3, 0.4) is 0 Å². The van der Waals surface area contributed by atoms with Crippen molar-refractivity contribution >= 4 is 29.1 Å². The van der Waals surface area contributed by atoms with Gasteiger partial charge in [-0.25, -0.2) is 9.97 Å². The summed E-state index contributed by atoms with van der Waals surface area (Å²) in [5, 5.41) is 16.4. The number of nitrogens with zero attached hydrogens (tertiary/aromatic N) is 8. The van der Waals surface area contributed by atoms with E-state index in [2.05, 4.69) is 61.8 Å². The number of aromatic nitrogens is 7. The largest absolute Gasteiger partial charge is 0.309 e. The van der Waals surface area contributed by atoms with Gasteiger partial charge in [0.05, 0.1) is 11.9 Å². The summed E-state index contributed by atoms with van der Waals surface area (Å²) in [5.41, 5.74) is 4.59. The molecule has 1 amide bonds. The lowest BCUT2D eigenvalue weighted by atomic mass is 9.94. The van der Waals surface area contributed by atoms with Crippen molar-refractivity contribution < 1.29 is 4.79 Å². The number of carbonyl (C=O) groups excluding carboxylic acids is 1. The number of anilines is 3. The summed E-state index contributed by atoms with van der Waals surface area (Å²) in [5.74, 6) is 2.72. The third-order valence-electron chi connectivity index (χ3n) is 6.63. The fourth-order valence-electron chi connectivity index (χ4n) is 4.61. The highest BCUT2D eigenvalue weighted by Crippen LogP contribution is 2.34. The normalized spacial score (nSPS) is 15.4. The SMILES string of the molecule is Cc1ccc(CC2CC(=O)N(C)c3cc(-c4ccnc(Nc5ccnn5C)n4)cc4nnc2n34)cc1. The maximum absolute atomic E-state index is 13.2. The second-order valence-electron chi connectivity index (χ2n) is 9.13. The number of pyridine rings is 1. The molecule has 0 spiro atoms. The van der Waals surface area contributed by atoms with E-state index in [9.17, 15) is 4.79 Å². The maximum Gasteiger partial charge on any atom is 0.228 e. The fraction of sp³-hybridized carbons (Fsp3) is 0.231. The molecule has 6 rings (SSSR count). The van der Waals surface area contributed by atoms with Gasteiger partial charge < -0.3 is 10.2 Å². The number of rotatable bonds is 5. The third-order valence-corrected chi connectivity index (χ3v) is 6.63. The number of hydrogen-bond acceptors (Lipinski definition) is 7. The van der Waals surface area contributed by atoms with Crippen LogP contribution in [0.15, 0.2) is 60.9 Å². The Labute approximate surface area is 207 Å². The molecular formula is C26H25N9O. The Kier molecular flexibility index (Phi) is 5.21. The Hall–Kier alpha value is -4.60. The van der Waals surface area contributed by atoms with Crippen molar-refractivity contribution in [3.05, 3.63) is 77.9 Å². The van der Waals surface area contributed by atoms with Gasteiger partial charge in [-0.15, -0.1) is 10.2 Å². The first kappa shape index (κ1) is 21.9. The predicted molar refractivity (Wildman–Crippen MR) is 136 cm³/mol. The first-order chi connectivity index (χ1) is 17.5. The molecule has 1 atom stereocenters. The summed E-state index contributed by atoms with van der Waals surface area (Å²) >= 11 is 0. The van der Waals surface area contributed by atoms with Gasteiger partial charge >= 0.3 is 0 Å². The molecule has 10 heteroatoms. The molecule has 0 radical (unpaired) electrons. The number of amides is 1. The molecule has 5 aromatic rings. The summed E-state index contributed by atoms with van der Waals surface area (Å²) in [4.78, 5) is 23.9. The smallest absolute Gasteiger partial charge is 0.228 e. The quantitative estimate of drug-likeness (QED) is 0.410. The summed E-state index contributed by atoms with van der Waals surface area (Å²) in [6.07, 6.45) is 4.48. The van der Waals surface area contributed by atoms with Gasteiger partial charge in [-0.1, -0.05) is 29.8 Å². The van der Waals surface area contributed by atoms with Crippen molar-refractivity contribution in [2.45, 2.75) is 25.7 Å². The number of benzene rings is 1. The zero-order chi connectivity index (χ0) is 24.8. The van der Waals surface area contributed by atoms with Crippen LogP contribution in [0.1, 0.15) is 29.3 Å². The Bertz CT molecular complexity index is 1590. The number of aryl methyl sites for hydroxylation is 2. The molecule has 10 nitrogen and oxygen atoms in total. The van der Waals surface area contributed by atoms with Gasteiger partial charge in [-0.3, -0.25) is 13.9 Å². The molecule has 1 aliphatic heterocycles. The Morgan fingerprint density at radius 2 is 1.86 bits per heavy atom. The summed E-state index contributed by atoms with van der Waals surface area (Å²) in [6, 6.07) is 16.0. The molecule has 180 valence electrons. The van der Waals surface area contributed by atoms with Crippen LogP contribution in [0.2, 0.25) is 0 Å². The predicted octanol–water partition coefficient (Wildman–Crippen LogP) is 3.66. The topological polar surface area (TPSA) is 106 Å². The van der Waals surface area contributed by atoms with Crippen molar-refractivity contribution in [2.75, 3.05) is 17.3 Å². The van der Waals surface area contributed by atoms with Crippen LogP contribution < -0.4 is 10.2 Å². The van der Waals surface area contributed by atoms with Crippen molar-refractivity contribution in [2.24, 2.45) is 7.05 Å². The van der Waals surface area contributed by atoms with E-state index < -0.39 is 0 Å². The van der Waals surface area contributed by atoms with Gasteiger partial charge in [0.25, 0.3) is 0 Å². The zero-order valence-electron chi connectivity index (χ0n) is 20.3. The van der Waals surface area contributed by atoms with Gasteiger partial charge in [-0.2, -0.15) is 5.10 Å². The Morgan fingerprint density at radius 1 is 1.03 bits per heavy atom. The first-order valence-corrected chi connectivity index (χ1v) is 11.8. The lowest BCUT2D eigenvalue weighted by molar-refractivity contribution is -0.118. The van der Waals surface area contributed by atoms with Crippen LogP contribution in [0.4, 0.5) is 17.6 Å². The number of carbonyl (C=O) groups is 1. The molecule has 1 aliphatic rings. The molecule has 0 bridgehead atoms. The summed E-state index contributed by atoms with van der Waals surface area (Å²) in [6.45, 7) is 2.07. The molecular weight excluding hydrogens is 454 g/mol. The van der Waals surface area contributed by atoms with Crippen molar-refractivity contribution in [1.82, 2.24) is 34.3 Å². The minimum absolute atomic E-state index is 0.0392. The molecule has 4 aromatic heterocycles. The van der Waals surface area contributed by atoms with E-state index >= 15 is 0 Å². The summed E-state index contributed by atoms with van der Waals surface area (Å²) in [7, 11) is 3.64. The van der Waals surface area contributed by atoms with E-state index in [1.807, 2.05) is 35.7 Å². The molecule has 0 saturated carbocycles. The van der Waals surface area contributed by atoms with Crippen LogP contribution in [-0.4, -0.2) is 47.3 Å². The van der Waals surface area contributed by atoms with Gasteiger partial charge in [-0.05, 0) is 37.1 Å². The second kappa shape index (κ2) is 8.56. The second-order valence-corrected chi connectivity index (χ2v) is 9.13. The summed E-state index contributed by atoms with van der Waals surface area (Å²) < 4.78 is 3.70. The average Bonchev–Trinajstić information content (AvgIpc) is 3.47. The fourth-order valence-corrected chi connectivity index (χ4v) is 4.61. The van der Waals surface area contributed by atoms with Crippen LogP contribution >= 0.6 is 0 Å². The highest BCUT2D eigenvalue weighted by atomic mass is 16.2. The molecule has 36 heavy (non-hydrogen) atoms. The lowest BCUT2D eigenvalue weighted by Crippen LogP contribution is -2.27. The molecule has 1 aromatic carbocycles. The van der Waals surface area contributed by atoms with Crippen molar-refractivity contribution in [3.63, 3.8) is 0 Å². The van der Waals surface area contributed by atoms with Gasteiger partial charge in [0.2, 0.25) is 11.9 Å². The standard InChI is InChI=1S/C26H25N9O/c1-16-4-6-17(7-5-16)12-19-15-24(36)33(2)23-14-18(13-22-31-32-25(19)35(22)23)20-8-10-27-26(29-20)30-21-9-11-28-34(21)3/h4-11,13-14,19H,12,15H2,1-3H3,(H,27,29,30). The van der Waals surface area contributed by atoms with Gasteiger partial charge in [0.15, 0.2) is 5.65 Å². The minimum atomic E-state index is -0.0708. The number of nitrogens with one attached hydrogen (secondary N) is 1. The highest BCUT2D eigenvalue weighted by Gasteiger charge is 2.30. The van der Waals surface area contributed by atoms with Crippen molar-refractivity contribution in [3.8, 4) is 11.3 Å². The minimum Gasteiger partial charge on any atom is -0.309 e. The van der Waals surface area contributed by atoms with E-state index in [0.29, 0.717) is 23.7 Å². The Balaban J connectivity index is 1.40. The maximum atomic E-state index is 13.2. The van der Waals surface area contributed by atoms with Crippen LogP contribution in [0, 0.1) is 6.92 Å². The van der Waals surface area contributed by atoms with Crippen LogP contribution in [-0.2, 0) is 18.3 Å². The molecule has 5 heterocycles. The molecule has 1 unspecified atom stereocenters. The first-order valence-electron chi connectivity index (χ1n) is 11.8. The lowest BCUT2D eigenvalue weighted by Gasteiger charge is -2.17. The molecule has 0 saturated heterocycles. The molecule has 1 N–H and O–H groups in total. The highest BCUT2D eigenvalue weighted by molar-refractivity contribution is 5.94. The van der Waals surface area contributed by atoms with Crippen LogP contribution in [0.25, 0.3) is 16.9 Å². The third kappa shape index (κ3) is 3.86. The van der Waals surface area contributed by atoms with E-state index in [1.165, 1.54) is 11.1 Å². The van der Waals surface area contributed by atoms with E-state index in [0.717, 1.165) is 29.4 Å². The van der Waals surface area contributed by atoms with E-state index in [-0.39, 0.29) is 11.8 Å². The van der Waals surface area contributed by atoms with E-state index in [1.54, 1.807) is 29.0 Å². The zero-order valence-corrected chi connectivity index (χ0v) is 20.3. The van der Waals surface area contributed by atoms with Gasteiger partial charge in [0.1, 0.15) is 17.5 Å². The average molecular weight is 480 g/mol. The number of hydrogen-bond donors (Lipinski definition) is 1. The molecule has 0 aliphatic carbocycles. The molecule has 0 fully saturated rings. The van der Waals surface area contributed by atoms with Crippen molar-refractivity contribution in [1.29, 1.82) is 0 Å². The van der Waals surface area contributed by atoms with Crippen LogP contribution in [0.5, 0.6) is 0 Å². The van der Waals surface area contributed by atoms with E-state index in [4.69, 9.17) is 0 Å². The Morgan fingerprint density at radius 3 is 2.64 bits per heavy atom.